The van der Waals surface area contributed by atoms with Crippen molar-refractivity contribution in [2.24, 2.45) is 47.3 Å². The lowest BCUT2D eigenvalue weighted by Gasteiger charge is -2.31. The summed E-state index contributed by atoms with van der Waals surface area (Å²) in [5.41, 5.74) is 0.781. The van der Waals surface area contributed by atoms with Gasteiger partial charge in [0.15, 0.2) is 6.79 Å². The Morgan fingerprint density at radius 2 is 1.73 bits per heavy atom. The van der Waals surface area contributed by atoms with Gasteiger partial charge in [0.25, 0.3) is 0 Å². The van der Waals surface area contributed by atoms with Gasteiger partial charge in [-0.25, -0.2) is 0 Å². The molecule has 6 heteroatoms. The summed E-state index contributed by atoms with van der Waals surface area (Å²) in [4.78, 5) is 37.5. The Labute approximate surface area is 177 Å². The van der Waals surface area contributed by atoms with E-state index in [-0.39, 0.29) is 60.5 Å². The van der Waals surface area contributed by atoms with E-state index in [4.69, 9.17) is 14.2 Å². The number of Topliss-reactive ketones (excluding diaryl/α,β-unsaturated/α-hetero) is 1. The highest BCUT2D eigenvalue weighted by Crippen LogP contribution is 2.57. The summed E-state index contributed by atoms with van der Waals surface area (Å²) in [6.07, 6.45) is 5.28. The second-order valence-corrected chi connectivity index (χ2v) is 10.5. The largest absolute Gasteiger partial charge is 0.462 e. The Bertz CT molecular complexity index is 774. The molecule has 6 bridgehead atoms. The van der Waals surface area contributed by atoms with Crippen molar-refractivity contribution in [2.75, 3.05) is 6.79 Å². The first-order valence-electron chi connectivity index (χ1n) is 11.5. The molecule has 0 aromatic rings. The normalized spacial score (nSPS) is 43.8. The van der Waals surface area contributed by atoms with E-state index < -0.39 is 0 Å². The van der Waals surface area contributed by atoms with Crippen molar-refractivity contribution in [2.45, 2.75) is 64.6 Å². The molecular formula is C24H32O6. The molecule has 6 aliphatic rings. The lowest BCUT2D eigenvalue weighted by molar-refractivity contribution is -0.177. The molecule has 0 radical (unpaired) electrons. The fraction of sp³-hybridized carbons (Fsp3) is 0.792. The van der Waals surface area contributed by atoms with Crippen LogP contribution in [0.5, 0.6) is 0 Å². The molecule has 164 valence electrons. The van der Waals surface area contributed by atoms with Crippen LogP contribution in [0.2, 0.25) is 0 Å². The average molecular weight is 417 g/mol. The van der Waals surface area contributed by atoms with Gasteiger partial charge >= 0.3 is 11.9 Å². The number of rotatable bonds is 7. The fourth-order valence-electron chi connectivity index (χ4n) is 7.07. The van der Waals surface area contributed by atoms with Crippen LogP contribution in [0.3, 0.4) is 0 Å². The predicted molar refractivity (Wildman–Crippen MR) is 107 cm³/mol. The maximum absolute atomic E-state index is 12.7. The summed E-state index contributed by atoms with van der Waals surface area (Å²) >= 11 is 0. The van der Waals surface area contributed by atoms with Crippen LogP contribution in [0, 0.1) is 47.3 Å². The topological polar surface area (TPSA) is 78.9 Å². The van der Waals surface area contributed by atoms with Crippen molar-refractivity contribution in [3.05, 3.63) is 12.2 Å². The van der Waals surface area contributed by atoms with Gasteiger partial charge in [0.05, 0.1) is 17.9 Å². The molecule has 6 aliphatic carbocycles. The number of hydrogen-bond donors (Lipinski definition) is 0. The third-order valence-electron chi connectivity index (χ3n) is 8.72. The number of ketones is 1. The smallest absolute Gasteiger partial charge is 0.313 e. The van der Waals surface area contributed by atoms with E-state index in [1.54, 1.807) is 6.92 Å². The first-order chi connectivity index (χ1) is 14.3. The third kappa shape index (κ3) is 3.22. The van der Waals surface area contributed by atoms with E-state index in [0.717, 1.165) is 44.1 Å². The maximum Gasteiger partial charge on any atom is 0.313 e. The maximum atomic E-state index is 12.7. The number of hydrogen-bond acceptors (Lipinski definition) is 6. The van der Waals surface area contributed by atoms with E-state index in [1.165, 1.54) is 0 Å². The van der Waals surface area contributed by atoms with E-state index in [0.29, 0.717) is 23.5 Å². The van der Waals surface area contributed by atoms with Gasteiger partial charge in [0.2, 0.25) is 0 Å². The summed E-state index contributed by atoms with van der Waals surface area (Å²) in [7, 11) is 0. The summed E-state index contributed by atoms with van der Waals surface area (Å²) < 4.78 is 17.2. The van der Waals surface area contributed by atoms with Gasteiger partial charge in [-0.05, 0) is 70.1 Å². The molecule has 0 heterocycles. The highest BCUT2D eigenvalue weighted by molar-refractivity contribution is 5.88. The molecule has 0 aliphatic heterocycles. The number of carbonyl (C=O) groups excluding carboxylic acids is 3. The molecule has 10 unspecified atom stereocenters. The molecule has 6 fully saturated rings. The van der Waals surface area contributed by atoms with Crippen molar-refractivity contribution in [1.29, 1.82) is 0 Å². The van der Waals surface area contributed by atoms with Crippen LogP contribution in [0.15, 0.2) is 12.2 Å². The zero-order valence-electron chi connectivity index (χ0n) is 17.9. The fourth-order valence-corrected chi connectivity index (χ4v) is 7.07. The van der Waals surface area contributed by atoms with E-state index in [1.807, 2.05) is 6.92 Å². The highest BCUT2D eigenvalue weighted by Gasteiger charge is 2.60. The number of carbonyl (C=O) groups is 3. The summed E-state index contributed by atoms with van der Waals surface area (Å²) in [6, 6.07) is 0. The Balaban J connectivity index is 1.12. The standard InChI is InChI=1S/C24H32O6/c1-11(2)12(3)23(26)30-20-9-14-4-15(20)18(7-14)24(27)29-10-28-22-17-6-13-5-16(17)21(25)19(22)8-13/h12-20,22H,1,4-10H2,2-3H3. The van der Waals surface area contributed by atoms with Crippen LogP contribution in [-0.4, -0.2) is 36.7 Å². The molecule has 0 spiro atoms. The van der Waals surface area contributed by atoms with Crippen molar-refractivity contribution < 1.29 is 28.6 Å². The van der Waals surface area contributed by atoms with Crippen molar-refractivity contribution >= 4 is 17.7 Å². The number of esters is 2. The SMILES string of the molecule is C=C(C)C(C)C(=O)OC1CC2CC(C(=O)OCOC3C4CC5CC(C4=O)C3C5)C1C2. The molecule has 0 amide bonds. The lowest BCUT2D eigenvalue weighted by Crippen LogP contribution is -2.37. The summed E-state index contributed by atoms with van der Waals surface area (Å²) in [6.45, 7) is 7.38. The molecule has 30 heavy (non-hydrogen) atoms. The predicted octanol–water partition coefficient (Wildman–Crippen LogP) is 3.29. The second kappa shape index (κ2) is 7.47. The van der Waals surface area contributed by atoms with E-state index in [9.17, 15) is 14.4 Å². The monoisotopic (exact) mass is 416 g/mol. The second-order valence-electron chi connectivity index (χ2n) is 10.5. The number of ether oxygens (including phenoxy) is 3. The minimum Gasteiger partial charge on any atom is -0.462 e. The van der Waals surface area contributed by atoms with E-state index in [2.05, 4.69) is 6.58 Å². The van der Waals surface area contributed by atoms with Gasteiger partial charge < -0.3 is 14.2 Å². The quantitative estimate of drug-likeness (QED) is 0.360. The molecular weight excluding hydrogens is 384 g/mol. The van der Waals surface area contributed by atoms with Crippen LogP contribution in [0.25, 0.3) is 0 Å². The number of fused-ring (bicyclic) bond motifs is 2. The Morgan fingerprint density at radius 3 is 2.43 bits per heavy atom. The van der Waals surface area contributed by atoms with Crippen molar-refractivity contribution in [3.63, 3.8) is 0 Å². The zero-order chi connectivity index (χ0) is 21.2. The first-order valence-corrected chi connectivity index (χ1v) is 11.5. The van der Waals surface area contributed by atoms with Gasteiger partial charge in [0.1, 0.15) is 11.9 Å². The minimum absolute atomic E-state index is 0.00722. The first kappa shape index (κ1) is 20.2. The molecule has 0 saturated heterocycles. The Kier molecular flexibility index (Phi) is 5.04. The Morgan fingerprint density at radius 1 is 1.03 bits per heavy atom. The molecule has 6 rings (SSSR count). The minimum atomic E-state index is -0.331. The highest BCUT2D eigenvalue weighted by atomic mass is 16.7. The molecule has 0 aromatic heterocycles. The average Bonchev–Trinajstić information content (AvgIpc) is 3.43. The van der Waals surface area contributed by atoms with Crippen molar-refractivity contribution in [3.8, 4) is 0 Å². The molecule has 10 atom stereocenters. The van der Waals surface area contributed by atoms with Gasteiger partial charge in [-0.3, -0.25) is 14.4 Å². The van der Waals surface area contributed by atoms with Crippen LogP contribution >= 0.6 is 0 Å². The van der Waals surface area contributed by atoms with Gasteiger partial charge in [-0.2, -0.15) is 0 Å². The zero-order valence-corrected chi connectivity index (χ0v) is 17.9. The van der Waals surface area contributed by atoms with Crippen LogP contribution in [0.4, 0.5) is 0 Å². The van der Waals surface area contributed by atoms with Crippen LogP contribution in [0.1, 0.15) is 52.4 Å². The van der Waals surface area contributed by atoms with Crippen molar-refractivity contribution in [1.82, 2.24) is 0 Å². The van der Waals surface area contributed by atoms with Crippen LogP contribution in [-0.2, 0) is 28.6 Å². The van der Waals surface area contributed by atoms with Crippen LogP contribution < -0.4 is 0 Å². The molecule has 6 saturated carbocycles. The van der Waals surface area contributed by atoms with E-state index >= 15 is 0 Å². The lowest BCUT2D eigenvalue weighted by atomic mass is 9.80. The summed E-state index contributed by atoms with van der Waals surface area (Å²) in [5.74, 6) is 0.921. The summed E-state index contributed by atoms with van der Waals surface area (Å²) in [5, 5.41) is 0. The molecule has 6 nitrogen and oxygen atoms in total. The van der Waals surface area contributed by atoms with Gasteiger partial charge in [-0.1, -0.05) is 12.2 Å². The third-order valence-corrected chi connectivity index (χ3v) is 8.72. The van der Waals surface area contributed by atoms with Gasteiger partial charge in [0, 0.05) is 17.8 Å². The molecule has 0 N–H and O–H groups in total. The Hall–Kier alpha value is -1.69. The molecule has 0 aromatic carbocycles. The van der Waals surface area contributed by atoms with Gasteiger partial charge in [-0.15, -0.1) is 0 Å².